The maximum absolute atomic E-state index is 10.6. The molecule has 0 amide bonds. The van der Waals surface area contributed by atoms with Gasteiger partial charge in [0.05, 0.1) is 19.3 Å². The summed E-state index contributed by atoms with van der Waals surface area (Å²) in [6, 6.07) is 0. The van der Waals surface area contributed by atoms with Crippen LogP contribution in [0.5, 0.6) is 0 Å². The van der Waals surface area contributed by atoms with Gasteiger partial charge in [-0.2, -0.15) is 0 Å². The zero-order chi connectivity index (χ0) is 23.0. The Morgan fingerprint density at radius 3 is 1.97 bits per heavy atom. The van der Waals surface area contributed by atoms with Crippen LogP contribution in [-0.2, 0) is 23.7 Å². The van der Waals surface area contributed by atoms with Crippen LogP contribution in [-0.4, -0.2) is 145 Å². The Morgan fingerprint density at radius 2 is 1.32 bits per heavy atom. The fourth-order valence-corrected chi connectivity index (χ4v) is 3.69. The first-order valence-corrected chi connectivity index (χ1v) is 9.85. The third-order valence-electron chi connectivity index (χ3n) is 5.66. The first kappa shape index (κ1) is 25.1. The van der Waals surface area contributed by atoms with Crippen LogP contribution in [0, 0.1) is 0 Å². The van der Waals surface area contributed by atoms with Crippen molar-refractivity contribution in [2.45, 2.75) is 92.9 Å². The Morgan fingerprint density at radius 1 is 0.710 bits per heavy atom. The predicted octanol–water partition coefficient (Wildman–Crippen LogP) is -5.91. The molecule has 14 atom stereocenters. The lowest BCUT2D eigenvalue weighted by Gasteiger charge is -2.47. The fourth-order valence-electron chi connectivity index (χ4n) is 3.69. The van der Waals surface area contributed by atoms with Gasteiger partial charge < -0.3 is 69.6 Å². The van der Waals surface area contributed by atoms with Gasteiger partial charge >= 0.3 is 0 Å². The molecule has 9 N–H and O–H groups in total. The van der Waals surface area contributed by atoms with Gasteiger partial charge in [-0.25, -0.2) is 0 Å². The molecule has 3 aliphatic rings. The van der Waals surface area contributed by atoms with Gasteiger partial charge in [-0.3, -0.25) is 0 Å². The number of ether oxygens (including phenoxy) is 5. The predicted molar refractivity (Wildman–Crippen MR) is 93.8 cm³/mol. The minimum absolute atomic E-state index is 0.397. The van der Waals surface area contributed by atoms with Gasteiger partial charge in [0, 0.05) is 0 Å². The highest BCUT2D eigenvalue weighted by molar-refractivity contribution is 4.95. The molecule has 0 aromatic rings. The molecule has 0 aromatic heterocycles. The summed E-state index contributed by atoms with van der Waals surface area (Å²) in [5.41, 5.74) is 0. The van der Waals surface area contributed by atoms with Crippen LogP contribution in [0.4, 0.5) is 0 Å². The van der Waals surface area contributed by atoms with Crippen LogP contribution in [0.3, 0.4) is 0 Å². The third-order valence-corrected chi connectivity index (χ3v) is 5.66. The van der Waals surface area contributed by atoms with Crippen molar-refractivity contribution in [2.75, 3.05) is 13.2 Å². The van der Waals surface area contributed by atoms with Gasteiger partial charge in [-0.15, -0.1) is 0 Å². The van der Waals surface area contributed by atoms with Crippen LogP contribution in [0.25, 0.3) is 0 Å². The van der Waals surface area contributed by atoms with Crippen molar-refractivity contribution in [3.63, 3.8) is 0 Å². The highest BCUT2D eigenvalue weighted by atomic mass is 16.8. The minimum atomic E-state index is -1.82. The van der Waals surface area contributed by atoms with E-state index >= 15 is 0 Å². The number of aliphatic hydroxyl groups is 9. The molecule has 3 rings (SSSR count). The van der Waals surface area contributed by atoms with Crippen LogP contribution in [0.2, 0.25) is 0 Å². The summed E-state index contributed by atoms with van der Waals surface area (Å²) in [6.07, 6.45) is -21.5. The monoisotopic (exact) mass is 458 g/mol. The van der Waals surface area contributed by atoms with E-state index in [0.29, 0.717) is 0 Å². The van der Waals surface area contributed by atoms with Gasteiger partial charge in [-0.1, -0.05) is 0 Å². The molecule has 3 aliphatic heterocycles. The third kappa shape index (κ3) is 5.02. The Bertz CT molecular complexity index is 581. The van der Waals surface area contributed by atoms with Crippen molar-refractivity contribution < 1.29 is 69.6 Å². The molecule has 0 spiro atoms. The molecular formula is C17H30O14. The fraction of sp³-hybridized carbons (Fsp3) is 1.00. The summed E-state index contributed by atoms with van der Waals surface area (Å²) in [6.45, 7) is 0.296. The maximum Gasteiger partial charge on any atom is 0.187 e. The molecule has 0 unspecified atom stereocenters. The number of hydrogen-bond acceptors (Lipinski definition) is 14. The van der Waals surface area contributed by atoms with E-state index in [1.165, 1.54) is 6.92 Å². The topological polar surface area (TPSA) is 228 Å². The van der Waals surface area contributed by atoms with Crippen LogP contribution in [0.1, 0.15) is 6.92 Å². The number of hydrogen-bond donors (Lipinski definition) is 9. The van der Waals surface area contributed by atoms with Crippen molar-refractivity contribution in [3.8, 4) is 0 Å². The molecule has 3 heterocycles. The molecule has 14 heteroatoms. The van der Waals surface area contributed by atoms with Gasteiger partial charge in [0.1, 0.15) is 61.0 Å². The second kappa shape index (κ2) is 10.1. The second-order valence-corrected chi connectivity index (χ2v) is 7.87. The summed E-state index contributed by atoms with van der Waals surface area (Å²) >= 11 is 0. The summed E-state index contributed by atoms with van der Waals surface area (Å²) < 4.78 is 26.6. The standard InChI is InChI=1S/C17H30O14/c1-4-7(20)10(23)12(25)17(28-4)31-14-13(9(22)6(2-18)29-15(14)26)30-16-11(24)8(21)5(19)3-27-16/h4-26H,2-3H2,1H3/t4-,5+,6+,7-,8-,9-,10+,11+,12+,13-,14+,15+,16-,17-/m0/s1. The largest absolute Gasteiger partial charge is 0.394 e. The average Bonchev–Trinajstić information content (AvgIpc) is 2.74. The molecule has 0 aromatic carbocycles. The van der Waals surface area contributed by atoms with E-state index in [1.54, 1.807) is 0 Å². The van der Waals surface area contributed by atoms with E-state index in [9.17, 15) is 46.0 Å². The van der Waals surface area contributed by atoms with E-state index in [0.717, 1.165) is 0 Å². The molecule has 31 heavy (non-hydrogen) atoms. The zero-order valence-electron chi connectivity index (χ0n) is 16.6. The molecule has 14 nitrogen and oxygen atoms in total. The van der Waals surface area contributed by atoms with Crippen LogP contribution in [0.15, 0.2) is 0 Å². The van der Waals surface area contributed by atoms with Gasteiger partial charge in [0.15, 0.2) is 18.9 Å². The van der Waals surface area contributed by atoms with Crippen molar-refractivity contribution in [1.29, 1.82) is 0 Å². The van der Waals surface area contributed by atoms with E-state index in [2.05, 4.69) is 0 Å². The minimum Gasteiger partial charge on any atom is -0.394 e. The Labute approximate surface area is 176 Å². The van der Waals surface area contributed by atoms with Crippen molar-refractivity contribution >= 4 is 0 Å². The second-order valence-electron chi connectivity index (χ2n) is 7.87. The number of aliphatic hydroxyl groups excluding tert-OH is 9. The highest BCUT2D eigenvalue weighted by Gasteiger charge is 2.52. The first-order chi connectivity index (χ1) is 14.6. The molecule has 3 fully saturated rings. The van der Waals surface area contributed by atoms with E-state index in [-0.39, 0.29) is 0 Å². The van der Waals surface area contributed by atoms with Crippen molar-refractivity contribution in [1.82, 2.24) is 0 Å². The lowest BCUT2D eigenvalue weighted by Crippen LogP contribution is -2.65. The Hall–Kier alpha value is -0.560. The molecule has 182 valence electrons. The number of rotatable bonds is 5. The van der Waals surface area contributed by atoms with Gasteiger partial charge in [0.2, 0.25) is 0 Å². The van der Waals surface area contributed by atoms with E-state index in [4.69, 9.17) is 23.7 Å². The van der Waals surface area contributed by atoms with Crippen molar-refractivity contribution in [2.24, 2.45) is 0 Å². The van der Waals surface area contributed by atoms with Crippen LogP contribution >= 0.6 is 0 Å². The van der Waals surface area contributed by atoms with Crippen LogP contribution < -0.4 is 0 Å². The maximum atomic E-state index is 10.6. The smallest absolute Gasteiger partial charge is 0.187 e. The van der Waals surface area contributed by atoms with E-state index in [1.807, 2.05) is 0 Å². The molecule has 0 bridgehead atoms. The summed E-state index contributed by atoms with van der Waals surface area (Å²) in [5.74, 6) is 0. The van der Waals surface area contributed by atoms with E-state index < -0.39 is 99.2 Å². The molecule has 3 saturated heterocycles. The quantitative estimate of drug-likeness (QED) is 0.187. The lowest BCUT2D eigenvalue weighted by molar-refractivity contribution is -0.381. The van der Waals surface area contributed by atoms with Gasteiger partial charge in [0.25, 0.3) is 0 Å². The zero-order valence-corrected chi connectivity index (χ0v) is 16.6. The molecule has 0 radical (unpaired) electrons. The van der Waals surface area contributed by atoms with Gasteiger partial charge in [-0.05, 0) is 6.92 Å². The molecule has 0 aliphatic carbocycles. The average molecular weight is 458 g/mol. The summed E-state index contributed by atoms with van der Waals surface area (Å²) in [7, 11) is 0. The lowest BCUT2D eigenvalue weighted by atomic mass is 9.97. The molecular weight excluding hydrogens is 428 g/mol. The normalized spacial score (nSPS) is 54.0. The van der Waals surface area contributed by atoms with Crippen molar-refractivity contribution in [3.05, 3.63) is 0 Å². The summed E-state index contributed by atoms with van der Waals surface area (Å²) in [5, 5.41) is 89.8. The Kier molecular flexibility index (Phi) is 8.21. The first-order valence-electron chi connectivity index (χ1n) is 9.85. The molecule has 0 saturated carbocycles. The SMILES string of the molecule is C[C@@H]1O[C@@H](O[C@@H]2[C@@H](O[C@@H]3OC[C@@H](O)[C@H](O)[C@H]3O)[C@@H](O)[C@@H](CO)O[C@H]2O)[C@H](O)[C@H](O)[C@H]1O. The highest BCUT2D eigenvalue weighted by Crippen LogP contribution is 2.31. The summed E-state index contributed by atoms with van der Waals surface area (Å²) in [4.78, 5) is 0. The Balaban J connectivity index is 1.79.